The SMILES string of the molecule is CC(=O)Nc1nc(COc2cccc3c2Oc2[nH]c(=O)c(C)cc2C3)cs1.CC(=O)Nc1nc(COc2ccccc2-c2cc3cc(C)c(=O)[nH]c3o2)cs1.Cn1cc2c(nc1=O)Nc1c(OCCN=C(N)N)cccc1C2(F)F.Cn1cc2c(nc1=O)Nc1c(OCCN=C(N)N)cccc1C21CC1.Cn1cc2c(nc1=O)Nc1c(cccc1OCCN=C(N)N)CC2. The number of carbonyl (C=O) groups is 2. The molecule has 5 aromatic carbocycles. The maximum Gasteiger partial charge on any atom is 0.349 e. The van der Waals surface area contributed by atoms with Crippen molar-refractivity contribution in [1.29, 1.82) is 0 Å². The highest BCUT2D eigenvalue weighted by Gasteiger charge is 2.52. The molecule has 38 nitrogen and oxygen atoms in total. The number of alkyl halides is 2. The number of pyridine rings is 2. The van der Waals surface area contributed by atoms with E-state index < -0.39 is 11.6 Å². The van der Waals surface area contributed by atoms with Crippen LogP contribution in [0.2, 0.25) is 0 Å². The van der Waals surface area contributed by atoms with Crippen LogP contribution in [0.1, 0.15) is 93.7 Å². The molecule has 4 aliphatic heterocycles. The van der Waals surface area contributed by atoms with Crippen LogP contribution in [0.3, 0.4) is 0 Å². The number of benzene rings is 5. The molecule has 1 fully saturated rings. The molecule has 0 unspecified atom stereocenters. The van der Waals surface area contributed by atoms with Crippen molar-refractivity contribution in [1.82, 2.24) is 48.6 Å². The van der Waals surface area contributed by atoms with Crippen LogP contribution in [0.25, 0.3) is 22.4 Å². The first-order chi connectivity index (χ1) is 61.8. The van der Waals surface area contributed by atoms with Crippen LogP contribution in [0.15, 0.2) is 188 Å². The van der Waals surface area contributed by atoms with E-state index in [1.807, 2.05) is 108 Å². The number of fused-ring (bicyclic) bond motifs is 11. The third-order valence-corrected chi connectivity index (χ3v) is 22.1. The molecule has 13 aromatic rings. The van der Waals surface area contributed by atoms with Gasteiger partial charge in [0.25, 0.3) is 11.1 Å². The summed E-state index contributed by atoms with van der Waals surface area (Å²) >= 11 is 2.69. The van der Waals surface area contributed by atoms with Gasteiger partial charge in [-0.1, -0.05) is 60.7 Å². The monoisotopic (exact) mass is 1800 g/mol. The number of aromatic amines is 2. The predicted octanol–water partition coefficient (Wildman–Crippen LogP) is 8.94. The number of thiazole rings is 2. The number of hydrogen-bond acceptors (Lipinski definition) is 27. The van der Waals surface area contributed by atoms with Crippen molar-refractivity contribution >= 4 is 108 Å². The van der Waals surface area contributed by atoms with Crippen molar-refractivity contribution in [3.63, 3.8) is 0 Å². The summed E-state index contributed by atoms with van der Waals surface area (Å²) in [6, 6.07) is 34.8. The van der Waals surface area contributed by atoms with Crippen LogP contribution < -0.4 is 118 Å². The Balaban J connectivity index is 0.000000130. The van der Waals surface area contributed by atoms with Gasteiger partial charge in [-0.15, -0.1) is 22.7 Å². The molecular formula is C87H90F2N24O14S2. The Morgan fingerprint density at radius 2 is 0.984 bits per heavy atom. The van der Waals surface area contributed by atoms with E-state index >= 15 is 0 Å². The first kappa shape index (κ1) is 89.5. The Hall–Kier alpha value is -15.8. The number of carbonyl (C=O) groups excluding carboxylic acids is 2. The Labute approximate surface area is 740 Å². The molecule has 1 saturated carbocycles. The lowest BCUT2D eigenvalue weighted by Crippen LogP contribution is -2.30. The summed E-state index contributed by atoms with van der Waals surface area (Å²) in [5, 5.41) is 20.2. The van der Waals surface area contributed by atoms with Crippen molar-refractivity contribution in [3.05, 3.63) is 264 Å². The van der Waals surface area contributed by atoms with Gasteiger partial charge in [0.15, 0.2) is 39.6 Å². The number of para-hydroxylation sites is 5. The summed E-state index contributed by atoms with van der Waals surface area (Å²) in [5.41, 5.74) is 41.4. The van der Waals surface area contributed by atoms with Crippen molar-refractivity contribution in [3.8, 4) is 51.7 Å². The lowest BCUT2D eigenvalue weighted by molar-refractivity contribution is -0.115. The minimum Gasteiger partial charge on any atom is -0.489 e. The summed E-state index contributed by atoms with van der Waals surface area (Å²) in [7, 11) is 4.79. The van der Waals surface area contributed by atoms with Gasteiger partial charge < -0.3 is 108 Å². The zero-order valence-corrected chi connectivity index (χ0v) is 72.4. The molecule has 5 aliphatic rings. The number of nitrogens with two attached hydrogens (primary N) is 6. The molecule has 0 bridgehead atoms. The van der Waals surface area contributed by atoms with E-state index in [0.717, 1.165) is 86.6 Å². The largest absolute Gasteiger partial charge is 0.489 e. The lowest BCUT2D eigenvalue weighted by Gasteiger charge is -2.30. The van der Waals surface area contributed by atoms with Crippen LogP contribution in [0, 0.1) is 13.8 Å². The zero-order valence-electron chi connectivity index (χ0n) is 70.7. The number of rotatable bonds is 21. The van der Waals surface area contributed by atoms with Crippen molar-refractivity contribution in [2.75, 3.05) is 66.0 Å². The van der Waals surface area contributed by atoms with E-state index in [1.165, 1.54) is 76.5 Å². The molecule has 0 saturated heterocycles. The summed E-state index contributed by atoms with van der Waals surface area (Å²) in [5.74, 6) is 1.81. The minimum atomic E-state index is -3.33. The molecule has 19 N–H and O–H groups in total. The number of H-pyrrole nitrogens is 2. The van der Waals surface area contributed by atoms with Crippen molar-refractivity contribution in [2.24, 2.45) is 70.5 Å². The molecule has 1 aliphatic carbocycles. The van der Waals surface area contributed by atoms with Gasteiger partial charge in [-0.3, -0.25) is 44.1 Å². The first-order valence-corrected chi connectivity index (χ1v) is 41.9. The predicted molar refractivity (Wildman–Crippen MR) is 486 cm³/mol. The summed E-state index contributed by atoms with van der Waals surface area (Å²) < 4.78 is 74.5. The quantitative estimate of drug-likeness (QED) is 0.0181. The van der Waals surface area contributed by atoms with Gasteiger partial charge in [0.05, 0.1) is 64.8 Å². The second-order valence-corrected chi connectivity index (χ2v) is 31.7. The fourth-order valence-corrected chi connectivity index (χ4v) is 15.7. The third-order valence-electron chi connectivity index (χ3n) is 20.5. The highest BCUT2D eigenvalue weighted by Crippen LogP contribution is 2.61. The highest BCUT2D eigenvalue weighted by atomic mass is 32.1. The number of nitrogens with one attached hydrogen (secondary N) is 7. The fraction of sp³-hybridized carbons (Fsp3) is 0.253. The number of aromatic nitrogens is 10. The Morgan fingerprint density at radius 1 is 0.512 bits per heavy atom. The summed E-state index contributed by atoms with van der Waals surface area (Å²) in [4.78, 5) is 119. The number of anilines is 8. The molecule has 18 rings (SSSR count). The Kier molecular flexibility index (Phi) is 26.9. The van der Waals surface area contributed by atoms with Gasteiger partial charge in [0.2, 0.25) is 23.4 Å². The number of furan rings is 1. The van der Waals surface area contributed by atoms with E-state index in [0.29, 0.717) is 123 Å². The second-order valence-electron chi connectivity index (χ2n) is 30.0. The van der Waals surface area contributed by atoms with Crippen molar-refractivity contribution < 1.29 is 51.2 Å². The molecule has 0 radical (unpaired) electrons. The van der Waals surface area contributed by atoms with Gasteiger partial charge >= 0.3 is 23.0 Å². The number of hydrogen-bond donors (Lipinski definition) is 13. The molecule has 0 atom stereocenters. The van der Waals surface area contributed by atoms with Gasteiger partial charge in [0.1, 0.15) is 79.2 Å². The van der Waals surface area contributed by atoms with E-state index in [9.17, 15) is 42.3 Å². The third kappa shape index (κ3) is 21.1. The van der Waals surface area contributed by atoms with Gasteiger partial charge in [-0.25, -0.2) is 24.4 Å². The number of ether oxygens (including phenoxy) is 6. The fourth-order valence-electron chi connectivity index (χ4n) is 14.2. The molecule has 129 heavy (non-hydrogen) atoms. The second kappa shape index (κ2) is 38.8. The van der Waals surface area contributed by atoms with Gasteiger partial charge in [-0.05, 0) is 105 Å². The number of aryl methyl sites for hydroxylation is 7. The molecule has 2 amide bonds. The van der Waals surface area contributed by atoms with Crippen LogP contribution in [-0.2, 0) is 74.5 Å². The van der Waals surface area contributed by atoms with Crippen molar-refractivity contribution in [2.45, 2.75) is 84.4 Å². The maximum absolute atomic E-state index is 14.9. The highest BCUT2D eigenvalue weighted by molar-refractivity contribution is 7.14. The number of halogens is 2. The number of amides is 2. The molecule has 1 spiro atoms. The summed E-state index contributed by atoms with van der Waals surface area (Å²) in [6.07, 6.45) is 9.14. The smallest absolute Gasteiger partial charge is 0.349 e. The zero-order chi connectivity index (χ0) is 91.5. The molecule has 668 valence electrons. The Morgan fingerprint density at radius 3 is 1.57 bits per heavy atom. The number of guanidine groups is 3. The maximum atomic E-state index is 14.9. The van der Waals surface area contributed by atoms with E-state index in [1.54, 1.807) is 34.0 Å². The van der Waals surface area contributed by atoms with Crippen LogP contribution in [0.4, 0.5) is 53.6 Å². The Bertz CT molecular complexity index is 6720. The molecule has 12 heterocycles. The lowest BCUT2D eigenvalue weighted by atomic mass is 9.85. The normalized spacial score (nSPS) is 12.9. The standard InChI is InChI=1S/C20H17N3O4S.C19H17N3O4S.C17H20N6O2.C16H20N6O2.C15H16F2N6O2/c1-11-7-13-8-17(27-19(13)23-18(11)25)15-5-3-4-6-16(15)26-9-14-10-28-20(22-14)21-12(2)24;1-10-6-13-7-12-4-3-5-15(16(12)26-18(13)22-17(10)24)25-8-14-9-27-19(21-14)20-11(2)23;1-23-9-11-14(22-16(23)24)21-13-10(17(11)5-6-17)3-2-4-12(13)25-8-7-20-15(18)19;1-22-9-11-6-5-10-3-2-4-12(24-8-7-19-15(17)18)13(10)20-14(11)21-16(22)23;1-23-7-9-12(22-14(23)24)21-11-8(15(9,16)17)3-2-4-10(11)25-6-5-20-13(18)19/h3-8,10H,9H2,1-2H3,(H,23,25)(H,21,22,24);3-6,9H,7-8H2,1-2H3,(H,22,24)(H,20,21,23);2-4,9H,5-8H2,1H3,(H4,18,19,20)(H,21,22,24);2-4,9H,5-8H2,1H3,(H4,17,18,19)(H,20,21,23);2-4,7H,5-6H2,1H3,(H4,18,19,20)(H,21,22,24). The first-order valence-electron chi connectivity index (χ1n) is 40.1. The van der Waals surface area contributed by atoms with Crippen LogP contribution >= 0.6 is 22.7 Å². The number of aliphatic imine (C=N–C) groups is 3. The van der Waals surface area contributed by atoms with Gasteiger partial charge in [0, 0.05) is 115 Å². The molecule has 42 heteroatoms. The average Bonchev–Trinajstić information content (AvgIpc) is 1.55. The van der Waals surface area contributed by atoms with Crippen LogP contribution in [-0.4, -0.2) is 118 Å². The van der Waals surface area contributed by atoms with E-state index in [4.69, 9.17) is 67.2 Å². The number of nitrogens with zero attached hydrogens (tertiary/aromatic N) is 11. The van der Waals surface area contributed by atoms with Gasteiger partial charge in [-0.2, -0.15) is 23.7 Å². The van der Waals surface area contributed by atoms with Crippen LogP contribution in [0.5, 0.6) is 40.4 Å². The van der Waals surface area contributed by atoms with E-state index in [2.05, 4.69) is 82.5 Å². The van der Waals surface area contributed by atoms with E-state index in [-0.39, 0.29) is 112 Å². The molecular weight excluding hydrogens is 1710 g/mol. The minimum absolute atomic E-state index is 0.0394. The average molecular weight is 1800 g/mol. The summed E-state index contributed by atoms with van der Waals surface area (Å²) in [6.45, 7) is 8.65. The topological polar surface area (TPSA) is 552 Å². The molecule has 8 aromatic heterocycles.